The number of carbonyl (C=O) groups is 1. The largest absolute Gasteiger partial charge is 0.367 e. The van der Waals surface area contributed by atoms with E-state index < -0.39 is 0 Å². The molecule has 0 saturated carbocycles. The molecule has 0 aliphatic carbocycles. The van der Waals surface area contributed by atoms with Crippen LogP contribution in [-0.4, -0.2) is 24.2 Å². The first kappa shape index (κ1) is 15.0. The summed E-state index contributed by atoms with van der Waals surface area (Å²) >= 11 is 0. The van der Waals surface area contributed by atoms with Crippen molar-refractivity contribution in [2.45, 2.75) is 19.8 Å². The minimum absolute atomic E-state index is 0.0372. The molecular weight excluding hydrogens is 273 g/mol. The summed E-state index contributed by atoms with van der Waals surface area (Å²) in [5, 5.41) is 9.60. The number of halogens is 1. The minimum Gasteiger partial charge on any atom is -0.367 e. The molecule has 1 aromatic heterocycles. The van der Waals surface area contributed by atoms with Gasteiger partial charge in [0.2, 0.25) is 5.91 Å². The minimum atomic E-state index is -0.253. The van der Waals surface area contributed by atoms with Crippen molar-refractivity contribution in [3.8, 4) is 0 Å². The van der Waals surface area contributed by atoms with E-state index in [0.29, 0.717) is 31.7 Å². The molecule has 1 aromatic carbocycles. The molecule has 1 heterocycles. The molecule has 2 rings (SSSR count). The molecule has 2 aromatic rings. The molecule has 2 N–H and O–H groups in total. The molecule has 0 atom stereocenters. The second kappa shape index (κ2) is 7.42. The van der Waals surface area contributed by atoms with E-state index in [-0.39, 0.29) is 11.7 Å². The van der Waals surface area contributed by atoms with Crippen LogP contribution in [0.4, 0.5) is 10.2 Å². The van der Waals surface area contributed by atoms with E-state index in [1.807, 2.05) is 0 Å². The molecule has 6 heteroatoms. The number of nitrogens with zero attached hydrogens (tertiary/aromatic N) is 1. The molecule has 0 radical (unpaired) electrons. The van der Waals surface area contributed by atoms with Gasteiger partial charge in [-0.05, 0) is 31.0 Å². The lowest BCUT2D eigenvalue weighted by Crippen LogP contribution is -2.27. The Morgan fingerprint density at radius 2 is 2.05 bits per heavy atom. The zero-order valence-corrected chi connectivity index (χ0v) is 11.9. The first-order valence-electron chi connectivity index (χ1n) is 6.82. The van der Waals surface area contributed by atoms with Crippen LogP contribution in [0.3, 0.4) is 0 Å². The van der Waals surface area contributed by atoms with Crippen LogP contribution >= 0.6 is 0 Å². The SMILES string of the molecule is Cc1cc(NCCC(=O)NCCc2ccc(F)cc2)no1. The van der Waals surface area contributed by atoms with Gasteiger partial charge in [0.05, 0.1) is 0 Å². The van der Waals surface area contributed by atoms with Gasteiger partial charge in [-0.25, -0.2) is 4.39 Å². The van der Waals surface area contributed by atoms with E-state index in [0.717, 1.165) is 11.3 Å². The first-order chi connectivity index (χ1) is 10.1. The Hall–Kier alpha value is -2.37. The zero-order valence-electron chi connectivity index (χ0n) is 11.9. The number of nitrogens with one attached hydrogen (secondary N) is 2. The van der Waals surface area contributed by atoms with Crippen molar-refractivity contribution < 1.29 is 13.7 Å². The molecule has 0 bridgehead atoms. The van der Waals surface area contributed by atoms with Gasteiger partial charge >= 0.3 is 0 Å². The van der Waals surface area contributed by atoms with Gasteiger partial charge in [-0.1, -0.05) is 17.3 Å². The van der Waals surface area contributed by atoms with Crippen LogP contribution in [0.25, 0.3) is 0 Å². The number of aromatic nitrogens is 1. The lowest BCUT2D eigenvalue weighted by atomic mass is 10.1. The van der Waals surface area contributed by atoms with Crippen molar-refractivity contribution >= 4 is 11.7 Å². The average Bonchev–Trinajstić information content (AvgIpc) is 2.87. The number of hydrogen-bond donors (Lipinski definition) is 2. The second-order valence-corrected chi connectivity index (χ2v) is 4.73. The fraction of sp³-hybridized carbons (Fsp3) is 0.333. The van der Waals surface area contributed by atoms with Crippen LogP contribution < -0.4 is 10.6 Å². The smallest absolute Gasteiger partial charge is 0.221 e. The Balaban J connectivity index is 1.60. The molecule has 0 aliphatic heterocycles. The summed E-state index contributed by atoms with van der Waals surface area (Å²) in [5.41, 5.74) is 0.993. The highest BCUT2D eigenvalue weighted by molar-refractivity contribution is 5.76. The van der Waals surface area contributed by atoms with Crippen LogP contribution in [0.2, 0.25) is 0 Å². The summed E-state index contributed by atoms with van der Waals surface area (Å²) in [7, 11) is 0. The van der Waals surface area contributed by atoms with Crippen molar-refractivity contribution in [2.75, 3.05) is 18.4 Å². The highest BCUT2D eigenvalue weighted by Gasteiger charge is 2.03. The van der Waals surface area contributed by atoms with Crippen LogP contribution in [-0.2, 0) is 11.2 Å². The van der Waals surface area contributed by atoms with E-state index in [4.69, 9.17) is 4.52 Å². The van der Waals surface area contributed by atoms with E-state index in [1.54, 1.807) is 25.1 Å². The second-order valence-electron chi connectivity index (χ2n) is 4.73. The van der Waals surface area contributed by atoms with Gasteiger partial charge in [0.1, 0.15) is 11.6 Å². The van der Waals surface area contributed by atoms with Crippen LogP contribution in [0, 0.1) is 12.7 Å². The summed E-state index contributed by atoms with van der Waals surface area (Å²) in [5.74, 6) is 1.06. The molecule has 0 fully saturated rings. The van der Waals surface area contributed by atoms with Crippen molar-refractivity contribution in [2.24, 2.45) is 0 Å². The third-order valence-corrected chi connectivity index (χ3v) is 2.94. The van der Waals surface area contributed by atoms with E-state index >= 15 is 0 Å². The zero-order chi connectivity index (χ0) is 15.1. The highest BCUT2D eigenvalue weighted by Crippen LogP contribution is 2.06. The molecule has 0 aliphatic rings. The van der Waals surface area contributed by atoms with Gasteiger partial charge < -0.3 is 15.2 Å². The maximum absolute atomic E-state index is 12.7. The fourth-order valence-corrected chi connectivity index (χ4v) is 1.84. The third kappa shape index (κ3) is 5.25. The number of carbonyl (C=O) groups excluding carboxylic acids is 1. The molecule has 0 unspecified atom stereocenters. The molecule has 112 valence electrons. The summed E-state index contributed by atoms with van der Waals surface area (Å²) in [6, 6.07) is 8.04. The summed E-state index contributed by atoms with van der Waals surface area (Å²) in [4.78, 5) is 11.6. The average molecular weight is 291 g/mol. The monoisotopic (exact) mass is 291 g/mol. The van der Waals surface area contributed by atoms with Gasteiger partial charge in [0.25, 0.3) is 0 Å². The third-order valence-electron chi connectivity index (χ3n) is 2.94. The van der Waals surface area contributed by atoms with Gasteiger partial charge in [0, 0.05) is 25.6 Å². The molecule has 21 heavy (non-hydrogen) atoms. The van der Waals surface area contributed by atoms with Crippen LogP contribution in [0.1, 0.15) is 17.7 Å². The van der Waals surface area contributed by atoms with Crippen molar-refractivity contribution in [3.05, 3.63) is 47.5 Å². The summed E-state index contributed by atoms with van der Waals surface area (Å²) < 4.78 is 17.6. The predicted octanol–water partition coefficient (Wildman–Crippen LogP) is 2.28. The summed E-state index contributed by atoms with van der Waals surface area (Å²) in [6.07, 6.45) is 1.04. The number of rotatable bonds is 7. The fourth-order valence-electron chi connectivity index (χ4n) is 1.84. The Morgan fingerprint density at radius 1 is 1.29 bits per heavy atom. The van der Waals surface area contributed by atoms with Crippen molar-refractivity contribution in [1.82, 2.24) is 10.5 Å². The Morgan fingerprint density at radius 3 is 2.71 bits per heavy atom. The lowest BCUT2D eigenvalue weighted by Gasteiger charge is -2.06. The topological polar surface area (TPSA) is 67.2 Å². The van der Waals surface area contributed by atoms with Crippen molar-refractivity contribution in [3.63, 3.8) is 0 Å². The van der Waals surface area contributed by atoms with E-state index in [2.05, 4.69) is 15.8 Å². The number of benzene rings is 1. The van der Waals surface area contributed by atoms with Gasteiger partial charge in [-0.3, -0.25) is 4.79 Å². The first-order valence-corrected chi connectivity index (χ1v) is 6.82. The number of anilines is 1. The Bertz CT molecular complexity index is 581. The van der Waals surface area contributed by atoms with Crippen LogP contribution in [0.15, 0.2) is 34.9 Å². The molecule has 0 spiro atoms. The molecule has 1 amide bonds. The predicted molar refractivity (Wildman–Crippen MR) is 77.5 cm³/mol. The van der Waals surface area contributed by atoms with E-state index in [1.165, 1.54) is 12.1 Å². The van der Waals surface area contributed by atoms with E-state index in [9.17, 15) is 9.18 Å². The van der Waals surface area contributed by atoms with Crippen LogP contribution in [0.5, 0.6) is 0 Å². The Kier molecular flexibility index (Phi) is 5.31. The lowest BCUT2D eigenvalue weighted by molar-refractivity contribution is -0.120. The number of aryl methyl sites for hydroxylation is 1. The quantitative estimate of drug-likeness (QED) is 0.821. The molecule has 0 saturated heterocycles. The van der Waals surface area contributed by atoms with Gasteiger partial charge in [-0.15, -0.1) is 0 Å². The normalized spacial score (nSPS) is 10.4. The van der Waals surface area contributed by atoms with Gasteiger partial charge in [0.15, 0.2) is 5.82 Å². The van der Waals surface area contributed by atoms with Gasteiger partial charge in [-0.2, -0.15) is 0 Å². The highest BCUT2D eigenvalue weighted by atomic mass is 19.1. The molecule has 5 nitrogen and oxygen atoms in total. The standard InChI is InChI=1S/C15H18FN3O2/c1-11-10-14(19-21-11)17-9-7-15(20)18-8-6-12-2-4-13(16)5-3-12/h2-5,10H,6-9H2,1H3,(H,17,19)(H,18,20). The number of hydrogen-bond acceptors (Lipinski definition) is 4. The molecular formula is C15H18FN3O2. The van der Waals surface area contributed by atoms with Crippen molar-refractivity contribution in [1.29, 1.82) is 0 Å². The maximum Gasteiger partial charge on any atom is 0.221 e. The number of amides is 1. The summed E-state index contributed by atoms with van der Waals surface area (Å²) in [6.45, 7) is 2.84. The maximum atomic E-state index is 12.7. The Labute approximate surface area is 122 Å².